The number of ether oxygens (including phenoxy) is 1. The van der Waals surface area contributed by atoms with E-state index in [1.807, 2.05) is 0 Å². The number of hydrogen-bond donors (Lipinski definition) is 0. The second kappa shape index (κ2) is 4.57. The van der Waals surface area contributed by atoms with Gasteiger partial charge >= 0.3 is 0 Å². The third-order valence-corrected chi connectivity index (χ3v) is 2.12. The first kappa shape index (κ1) is 11.9. The van der Waals surface area contributed by atoms with Gasteiger partial charge in [-0.25, -0.2) is 8.78 Å². The molecule has 0 aromatic heterocycles. The molecule has 0 spiro atoms. The van der Waals surface area contributed by atoms with Gasteiger partial charge in [-0.1, -0.05) is 11.6 Å². The third-order valence-electron chi connectivity index (χ3n) is 1.90. The predicted octanol–water partition coefficient (Wildman–Crippen LogP) is 3.49. The van der Waals surface area contributed by atoms with Gasteiger partial charge < -0.3 is 4.74 Å². The molecule has 0 amide bonds. The van der Waals surface area contributed by atoms with E-state index in [2.05, 4.69) is 0 Å². The lowest BCUT2D eigenvalue weighted by Crippen LogP contribution is -2.02. The lowest BCUT2D eigenvalue weighted by molar-refractivity contribution is 0.101. The number of hydrogen-bond acceptors (Lipinski definition) is 2. The molecule has 15 heavy (non-hydrogen) atoms. The van der Waals surface area contributed by atoms with Gasteiger partial charge in [-0.05, 0) is 19.1 Å². The van der Waals surface area contributed by atoms with Crippen LogP contribution in [0, 0.1) is 0 Å². The minimum atomic E-state index is -2.73. The highest BCUT2D eigenvalue weighted by molar-refractivity contribution is 6.31. The Morgan fingerprint density at radius 3 is 2.47 bits per heavy atom. The number of benzene rings is 1. The van der Waals surface area contributed by atoms with E-state index in [1.54, 1.807) is 0 Å². The number of rotatable bonds is 3. The second-order valence-corrected chi connectivity index (χ2v) is 3.37. The molecule has 0 atom stereocenters. The van der Waals surface area contributed by atoms with Crippen molar-refractivity contribution in [2.45, 2.75) is 13.3 Å². The van der Waals surface area contributed by atoms with E-state index in [1.165, 1.54) is 20.1 Å². The van der Waals surface area contributed by atoms with E-state index in [9.17, 15) is 13.6 Å². The number of alkyl halides is 2. The van der Waals surface area contributed by atoms with Gasteiger partial charge in [0, 0.05) is 5.02 Å². The van der Waals surface area contributed by atoms with Crippen LogP contribution in [0.4, 0.5) is 8.78 Å². The van der Waals surface area contributed by atoms with Gasteiger partial charge in [0.25, 0.3) is 6.43 Å². The second-order valence-electron chi connectivity index (χ2n) is 2.93. The average molecular weight is 235 g/mol. The van der Waals surface area contributed by atoms with Crippen LogP contribution in [0.5, 0.6) is 5.75 Å². The zero-order valence-electron chi connectivity index (χ0n) is 8.18. The fourth-order valence-electron chi connectivity index (χ4n) is 1.27. The van der Waals surface area contributed by atoms with Crippen LogP contribution in [0.15, 0.2) is 12.1 Å². The summed E-state index contributed by atoms with van der Waals surface area (Å²) >= 11 is 5.63. The van der Waals surface area contributed by atoms with Crippen LogP contribution in [0.1, 0.15) is 29.3 Å². The van der Waals surface area contributed by atoms with Gasteiger partial charge in [-0.3, -0.25) is 4.79 Å². The molecule has 0 heterocycles. The van der Waals surface area contributed by atoms with Crippen molar-refractivity contribution in [3.05, 3.63) is 28.3 Å². The number of carbonyl (C=O) groups excluding carboxylic acids is 1. The maximum Gasteiger partial charge on any atom is 0.267 e. The lowest BCUT2D eigenvalue weighted by atomic mass is 10.1. The van der Waals surface area contributed by atoms with E-state index in [4.69, 9.17) is 16.3 Å². The van der Waals surface area contributed by atoms with Gasteiger partial charge in [-0.15, -0.1) is 0 Å². The Morgan fingerprint density at radius 1 is 1.47 bits per heavy atom. The summed E-state index contributed by atoms with van der Waals surface area (Å²) in [4.78, 5) is 11.2. The molecule has 0 aliphatic heterocycles. The van der Waals surface area contributed by atoms with Crippen LogP contribution < -0.4 is 4.74 Å². The van der Waals surface area contributed by atoms with Crippen molar-refractivity contribution in [3.63, 3.8) is 0 Å². The first-order chi connectivity index (χ1) is 6.97. The molecule has 5 heteroatoms. The third kappa shape index (κ3) is 2.45. The van der Waals surface area contributed by atoms with Crippen molar-refractivity contribution in [2.24, 2.45) is 0 Å². The molecule has 0 saturated heterocycles. The number of ketones is 1. The molecule has 1 aromatic rings. The van der Waals surface area contributed by atoms with Crippen molar-refractivity contribution in [1.82, 2.24) is 0 Å². The normalized spacial score (nSPS) is 10.5. The van der Waals surface area contributed by atoms with Gasteiger partial charge in [0.1, 0.15) is 5.75 Å². The summed E-state index contributed by atoms with van der Waals surface area (Å²) in [5, 5.41) is 0.0938. The minimum absolute atomic E-state index is 0.0697. The van der Waals surface area contributed by atoms with Gasteiger partial charge in [0.15, 0.2) is 5.78 Å². The van der Waals surface area contributed by atoms with E-state index >= 15 is 0 Å². The topological polar surface area (TPSA) is 26.3 Å². The summed E-state index contributed by atoms with van der Waals surface area (Å²) in [6.45, 7) is 1.27. The SMILES string of the molecule is COc1c(C(C)=O)cc(Cl)cc1C(F)F. The standard InChI is InChI=1S/C10H9ClF2O2/c1-5(14)7-3-6(11)4-8(10(12)13)9(7)15-2/h3-4,10H,1-2H3. The highest BCUT2D eigenvalue weighted by Crippen LogP contribution is 2.35. The summed E-state index contributed by atoms with van der Waals surface area (Å²) in [5.41, 5.74) is -0.296. The van der Waals surface area contributed by atoms with Crippen molar-refractivity contribution in [3.8, 4) is 5.75 Å². The first-order valence-corrected chi connectivity index (χ1v) is 4.51. The van der Waals surface area contributed by atoms with Crippen molar-refractivity contribution >= 4 is 17.4 Å². The molecule has 0 unspecified atom stereocenters. The smallest absolute Gasteiger partial charge is 0.267 e. The monoisotopic (exact) mass is 234 g/mol. The zero-order chi connectivity index (χ0) is 11.6. The summed E-state index contributed by atoms with van der Waals surface area (Å²) in [6.07, 6.45) is -2.73. The Morgan fingerprint density at radius 2 is 2.07 bits per heavy atom. The van der Waals surface area contributed by atoms with Gasteiger partial charge in [-0.2, -0.15) is 0 Å². The molecule has 1 rings (SSSR count). The van der Waals surface area contributed by atoms with Crippen LogP contribution >= 0.6 is 11.6 Å². The summed E-state index contributed by atoms with van der Waals surface area (Å²) in [6, 6.07) is 2.41. The lowest BCUT2D eigenvalue weighted by Gasteiger charge is -2.11. The van der Waals surface area contributed by atoms with Gasteiger partial charge in [0.2, 0.25) is 0 Å². The quantitative estimate of drug-likeness (QED) is 0.749. The molecule has 0 bridgehead atoms. The first-order valence-electron chi connectivity index (χ1n) is 4.14. The highest BCUT2D eigenvalue weighted by Gasteiger charge is 2.20. The zero-order valence-corrected chi connectivity index (χ0v) is 8.94. The summed E-state index contributed by atoms with van der Waals surface area (Å²) < 4.78 is 30.0. The molecule has 0 fully saturated rings. The molecule has 2 nitrogen and oxygen atoms in total. The van der Waals surface area contributed by atoms with E-state index in [0.717, 1.165) is 6.07 Å². The minimum Gasteiger partial charge on any atom is -0.495 e. The van der Waals surface area contributed by atoms with E-state index in [-0.39, 0.29) is 27.7 Å². The maximum absolute atomic E-state index is 12.6. The van der Waals surface area contributed by atoms with E-state index < -0.39 is 6.43 Å². The molecule has 0 aliphatic carbocycles. The Hall–Kier alpha value is -1.16. The summed E-state index contributed by atoms with van der Waals surface area (Å²) in [7, 11) is 1.24. The molecular formula is C10H9ClF2O2. The van der Waals surface area contributed by atoms with Crippen LogP contribution in [0.2, 0.25) is 5.02 Å². The van der Waals surface area contributed by atoms with Crippen molar-refractivity contribution in [1.29, 1.82) is 0 Å². The molecular weight excluding hydrogens is 226 g/mol. The number of halogens is 3. The molecule has 0 radical (unpaired) electrons. The molecule has 0 saturated carbocycles. The molecule has 0 N–H and O–H groups in total. The molecule has 0 aliphatic rings. The Labute approximate surface area is 90.8 Å². The van der Waals surface area contributed by atoms with E-state index in [0.29, 0.717) is 0 Å². The maximum atomic E-state index is 12.6. The van der Waals surface area contributed by atoms with Crippen LogP contribution in [0.25, 0.3) is 0 Å². The van der Waals surface area contributed by atoms with Crippen LogP contribution in [-0.2, 0) is 0 Å². The number of Topliss-reactive ketones (excluding diaryl/α,β-unsaturated/α-hetero) is 1. The van der Waals surface area contributed by atoms with Crippen molar-refractivity contribution in [2.75, 3.05) is 7.11 Å². The Bertz CT molecular complexity index is 391. The number of methoxy groups -OCH3 is 1. The van der Waals surface area contributed by atoms with Crippen molar-refractivity contribution < 1.29 is 18.3 Å². The highest BCUT2D eigenvalue weighted by atomic mass is 35.5. The Balaban J connectivity index is 3.45. The summed E-state index contributed by atoms with van der Waals surface area (Å²) in [5.74, 6) is -0.474. The predicted molar refractivity (Wildman–Crippen MR) is 53.0 cm³/mol. The molecule has 82 valence electrons. The fourth-order valence-corrected chi connectivity index (χ4v) is 1.49. The largest absolute Gasteiger partial charge is 0.495 e. The van der Waals surface area contributed by atoms with Crippen LogP contribution in [0.3, 0.4) is 0 Å². The van der Waals surface area contributed by atoms with Gasteiger partial charge in [0.05, 0.1) is 18.2 Å². The molecule has 1 aromatic carbocycles. The Kier molecular flexibility index (Phi) is 3.63. The van der Waals surface area contributed by atoms with Crippen LogP contribution in [-0.4, -0.2) is 12.9 Å². The number of carbonyl (C=O) groups is 1. The fraction of sp³-hybridized carbons (Fsp3) is 0.300. The average Bonchev–Trinajstić information content (AvgIpc) is 2.16.